The smallest absolute Gasteiger partial charge is 0.156 e. The molecule has 0 heterocycles. The third kappa shape index (κ3) is 2.01. The zero-order valence-corrected chi connectivity index (χ0v) is 9.69. The molecule has 1 aliphatic carbocycles. The van der Waals surface area contributed by atoms with Crippen molar-refractivity contribution >= 4 is 5.78 Å². The second-order valence-electron chi connectivity index (χ2n) is 4.54. The molecule has 0 bridgehead atoms. The van der Waals surface area contributed by atoms with Gasteiger partial charge in [0.2, 0.25) is 0 Å². The van der Waals surface area contributed by atoms with E-state index in [-0.39, 0.29) is 11.2 Å². The number of methoxy groups -OCH3 is 1. The van der Waals surface area contributed by atoms with Crippen molar-refractivity contribution in [1.82, 2.24) is 0 Å². The SMILES string of the molecule is COc1cccc([C@]2(C)CC=CC(=O)C2)c1. The molecule has 84 valence electrons. The van der Waals surface area contributed by atoms with Gasteiger partial charge in [0.15, 0.2) is 5.78 Å². The van der Waals surface area contributed by atoms with Gasteiger partial charge >= 0.3 is 0 Å². The number of carbonyl (C=O) groups excluding carboxylic acids is 1. The highest BCUT2D eigenvalue weighted by molar-refractivity contribution is 5.91. The average Bonchev–Trinajstić information content (AvgIpc) is 2.29. The van der Waals surface area contributed by atoms with Crippen LogP contribution in [0.25, 0.3) is 0 Å². The molecule has 16 heavy (non-hydrogen) atoms. The van der Waals surface area contributed by atoms with Crippen LogP contribution in [0, 0.1) is 0 Å². The minimum atomic E-state index is -0.0830. The maximum absolute atomic E-state index is 11.5. The largest absolute Gasteiger partial charge is 0.497 e. The number of benzene rings is 1. The van der Waals surface area contributed by atoms with Crippen LogP contribution in [-0.4, -0.2) is 12.9 Å². The number of ketones is 1. The predicted octanol–water partition coefficient (Wildman–Crippen LogP) is 2.87. The molecule has 1 atom stereocenters. The summed E-state index contributed by atoms with van der Waals surface area (Å²) in [4.78, 5) is 11.5. The van der Waals surface area contributed by atoms with E-state index in [0.29, 0.717) is 6.42 Å². The predicted molar refractivity (Wildman–Crippen MR) is 63.7 cm³/mol. The maximum atomic E-state index is 11.5. The molecule has 0 spiro atoms. The van der Waals surface area contributed by atoms with E-state index in [1.54, 1.807) is 13.2 Å². The summed E-state index contributed by atoms with van der Waals surface area (Å²) < 4.78 is 5.21. The van der Waals surface area contributed by atoms with Gasteiger partial charge < -0.3 is 4.74 Å². The molecule has 2 nitrogen and oxygen atoms in total. The van der Waals surface area contributed by atoms with Crippen LogP contribution in [0.2, 0.25) is 0 Å². The summed E-state index contributed by atoms with van der Waals surface area (Å²) in [5, 5.41) is 0. The van der Waals surface area contributed by atoms with Gasteiger partial charge in [-0.3, -0.25) is 4.79 Å². The van der Waals surface area contributed by atoms with Crippen molar-refractivity contribution in [3.8, 4) is 5.75 Å². The Morgan fingerprint density at radius 1 is 1.38 bits per heavy atom. The summed E-state index contributed by atoms with van der Waals surface area (Å²) in [6.45, 7) is 2.13. The fourth-order valence-corrected chi connectivity index (χ4v) is 2.18. The lowest BCUT2D eigenvalue weighted by Gasteiger charge is -2.30. The van der Waals surface area contributed by atoms with Crippen molar-refractivity contribution in [3.63, 3.8) is 0 Å². The van der Waals surface area contributed by atoms with Crippen molar-refractivity contribution in [1.29, 1.82) is 0 Å². The van der Waals surface area contributed by atoms with Crippen molar-refractivity contribution in [2.45, 2.75) is 25.2 Å². The standard InChI is InChI=1S/C14H16O2/c1-14(8-4-6-12(15)10-14)11-5-3-7-13(9-11)16-2/h3-7,9H,8,10H2,1-2H3/t14-/m1/s1. The molecule has 0 unspecified atom stereocenters. The summed E-state index contributed by atoms with van der Waals surface area (Å²) >= 11 is 0. The second-order valence-corrected chi connectivity index (χ2v) is 4.54. The van der Waals surface area contributed by atoms with Crippen molar-refractivity contribution in [3.05, 3.63) is 42.0 Å². The first-order valence-electron chi connectivity index (χ1n) is 5.48. The number of rotatable bonds is 2. The molecular weight excluding hydrogens is 200 g/mol. The van der Waals surface area contributed by atoms with Gasteiger partial charge in [-0.05, 0) is 30.2 Å². The Labute approximate surface area is 95.9 Å². The van der Waals surface area contributed by atoms with Crippen LogP contribution in [-0.2, 0) is 10.2 Å². The Hall–Kier alpha value is -1.57. The molecule has 1 aliphatic rings. The zero-order valence-electron chi connectivity index (χ0n) is 9.69. The van der Waals surface area contributed by atoms with E-state index in [2.05, 4.69) is 13.0 Å². The molecule has 0 fully saturated rings. The van der Waals surface area contributed by atoms with Gasteiger partial charge in [0.05, 0.1) is 7.11 Å². The Morgan fingerprint density at radius 3 is 2.88 bits per heavy atom. The van der Waals surface area contributed by atoms with Crippen LogP contribution >= 0.6 is 0 Å². The van der Waals surface area contributed by atoms with Crippen LogP contribution in [0.5, 0.6) is 5.75 Å². The number of ether oxygens (including phenoxy) is 1. The fourth-order valence-electron chi connectivity index (χ4n) is 2.18. The monoisotopic (exact) mass is 216 g/mol. The minimum absolute atomic E-state index is 0.0830. The van der Waals surface area contributed by atoms with Crippen LogP contribution in [0.3, 0.4) is 0 Å². The van der Waals surface area contributed by atoms with Gasteiger partial charge in [-0.2, -0.15) is 0 Å². The lowest BCUT2D eigenvalue weighted by atomic mass is 9.73. The first-order chi connectivity index (χ1) is 7.64. The quantitative estimate of drug-likeness (QED) is 0.759. The van der Waals surface area contributed by atoms with E-state index >= 15 is 0 Å². The number of hydrogen-bond acceptors (Lipinski definition) is 2. The highest BCUT2D eigenvalue weighted by atomic mass is 16.5. The Bertz CT molecular complexity index is 434. The van der Waals surface area contributed by atoms with Gasteiger partial charge in [-0.15, -0.1) is 0 Å². The van der Waals surface area contributed by atoms with E-state index < -0.39 is 0 Å². The van der Waals surface area contributed by atoms with Crippen LogP contribution in [0.4, 0.5) is 0 Å². The van der Waals surface area contributed by atoms with Gasteiger partial charge in [0, 0.05) is 11.8 Å². The summed E-state index contributed by atoms with van der Waals surface area (Å²) in [6.07, 6.45) is 5.13. The Balaban J connectivity index is 2.35. The van der Waals surface area contributed by atoms with Crippen LogP contribution < -0.4 is 4.74 Å². The molecule has 0 amide bonds. The zero-order chi connectivity index (χ0) is 11.6. The Morgan fingerprint density at radius 2 is 2.19 bits per heavy atom. The molecule has 0 saturated heterocycles. The summed E-state index contributed by atoms with van der Waals surface area (Å²) in [5.41, 5.74) is 1.09. The van der Waals surface area contributed by atoms with E-state index in [9.17, 15) is 4.79 Å². The van der Waals surface area contributed by atoms with Gasteiger partial charge in [-0.1, -0.05) is 25.1 Å². The van der Waals surface area contributed by atoms with Gasteiger partial charge in [0.25, 0.3) is 0 Å². The third-order valence-electron chi connectivity index (χ3n) is 3.20. The lowest BCUT2D eigenvalue weighted by Crippen LogP contribution is -2.27. The number of allylic oxidation sites excluding steroid dienone is 2. The van der Waals surface area contributed by atoms with Crippen molar-refractivity contribution in [2.75, 3.05) is 7.11 Å². The molecule has 2 rings (SSSR count). The Kier molecular flexibility index (Phi) is 2.82. The van der Waals surface area contributed by atoms with E-state index in [1.165, 1.54) is 5.56 Å². The van der Waals surface area contributed by atoms with Crippen LogP contribution in [0.15, 0.2) is 36.4 Å². The van der Waals surface area contributed by atoms with Gasteiger partial charge in [-0.25, -0.2) is 0 Å². The topological polar surface area (TPSA) is 26.3 Å². The van der Waals surface area contributed by atoms with Crippen molar-refractivity contribution < 1.29 is 9.53 Å². The third-order valence-corrected chi connectivity index (χ3v) is 3.20. The molecule has 1 aromatic rings. The molecule has 2 heteroatoms. The highest BCUT2D eigenvalue weighted by Gasteiger charge is 2.30. The van der Waals surface area contributed by atoms with Crippen molar-refractivity contribution in [2.24, 2.45) is 0 Å². The number of hydrogen-bond donors (Lipinski definition) is 0. The molecule has 0 aliphatic heterocycles. The van der Waals surface area contributed by atoms with E-state index in [4.69, 9.17) is 4.74 Å². The van der Waals surface area contributed by atoms with E-state index in [1.807, 2.05) is 24.3 Å². The van der Waals surface area contributed by atoms with Crippen LogP contribution in [0.1, 0.15) is 25.3 Å². The van der Waals surface area contributed by atoms with Gasteiger partial charge in [0.1, 0.15) is 5.75 Å². The molecule has 0 saturated carbocycles. The molecule has 1 aromatic carbocycles. The first-order valence-corrected chi connectivity index (χ1v) is 5.48. The molecule has 0 aromatic heterocycles. The highest BCUT2D eigenvalue weighted by Crippen LogP contribution is 2.36. The maximum Gasteiger partial charge on any atom is 0.156 e. The van der Waals surface area contributed by atoms with E-state index in [0.717, 1.165) is 12.2 Å². The molecular formula is C14H16O2. The normalized spacial score (nSPS) is 24.5. The average molecular weight is 216 g/mol. The minimum Gasteiger partial charge on any atom is -0.497 e. The lowest BCUT2D eigenvalue weighted by molar-refractivity contribution is -0.116. The second kappa shape index (κ2) is 4.12. The molecule has 0 N–H and O–H groups in total. The summed E-state index contributed by atoms with van der Waals surface area (Å²) in [5.74, 6) is 1.05. The number of carbonyl (C=O) groups is 1. The first kappa shape index (κ1) is 10.9. The summed E-state index contributed by atoms with van der Waals surface area (Å²) in [7, 11) is 1.66. The fraction of sp³-hybridized carbons (Fsp3) is 0.357. The summed E-state index contributed by atoms with van der Waals surface area (Å²) in [6, 6.07) is 7.98. The molecule has 0 radical (unpaired) electrons.